The van der Waals surface area contributed by atoms with Gasteiger partial charge in [0.05, 0.1) is 31.3 Å². The highest BCUT2D eigenvalue weighted by Gasteiger charge is 2.36. The van der Waals surface area contributed by atoms with E-state index in [1.54, 1.807) is 17.8 Å². The van der Waals surface area contributed by atoms with Crippen LogP contribution in [0.4, 0.5) is 5.95 Å². The van der Waals surface area contributed by atoms with Crippen molar-refractivity contribution in [2.45, 2.75) is 37.8 Å². The quantitative estimate of drug-likeness (QED) is 0.809. The Bertz CT molecular complexity index is 965. The monoisotopic (exact) mass is 406 g/mol. The Labute approximate surface area is 165 Å². The molecule has 1 unspecified atom stereocenters. The van der Waals surface area contributed by atoms with E-state index in [0.29, 0.717) is 25.6 Å². The van der Waals surface area contributed by atoms with Crippen LogP contribution in [0.1, 0.15) is 37.6 Å². The van der Waals surface area contributed by atoms with Gasteiger partial charge in [0.15, 0.2) is 5.03 Å². The molecule has 0 spiro atoms. The Hall–Kier alpha value is -2.04. The summed E-state index contributed by atoms with van der Waals surface area (Å²) >= 11 is 0. The Balaban J connectivity index is 1.64. The molecule has 0 aromatic carbocycles. The standard InChI is InChI=1S/C18H26N6O3S/c1-18(2)8-14-13(10-19-17(21-14)24-4-6-27-7-5-24)15(9-18)22-28(25,26)16-11-23(3)12-20-16/h10-12,15,22H,4-9H2,1-3H3. The molecule has 1 fully saturated rings. The molecule has 0 radical (unpaired) electrons. The molecule has 152 valence electrons. The summed E-state index contributed by atoms with van der Waals surface area (Å²) in [7, 11) is -1.98. The van der Waals surface area contributed by atoms with E-state index in [2.05, 4.69) is 33.4 Å². The van der Waals surface area contributed by atoms with Gasteiger partial charge in [-0.2, -0.15) is 0 Å². The predicted octanol–water partition coefficient (Wildman–Crippen LogP) is 1.04. The van der Waals surface area contributed by atoms with Crippen LogP contribution >= 0.6 is 0 Å². The van der Waals surface area contributed by atoms with Crippen LogP contribution in [0.25, 0.3) is 0 Å². The number of aromatic nitrogens is 4. The average Bonchev–Trinajstić information content (AvgIpc) is 3.08. The number of nitrogens with zero attached hydrogens (tertiary/aromatic N) is 5. The maximum atomic E-state index is 12.8. The number of morpholine rings is 1. The van der Waals surface area contributed by atoms with Gasteiger partial charge in [-0.1, -0.05) is 13.8 Å². The molecule has 2 aliphatic rings. The van der Waals surface area contributed by atoms with Crippen LogP contribution in [-0.2, 0) is 28.2 Å². The van der Waals surface area contributed by atoms with Crippen molar-refractivity contribution in [2.75, 3.05) is 31.2 Å². The fourth-order valence-corrected chi connectivity index (χ4v) is 5.03. The van der Waals surface area contributed by atoms with Gasteiger partial charge in [0.25, 0.3) is 10.0 Å². The van der Waals surface area contributed by atoms with E-state index in [9.17, 15) is 8.42 Å². The molecule has 0 bridgehead atoms. The first-order valence-corrected chi connectivity index (χ1v) is 10.9. The lowest BCUT2D eigenvalue weighted by Crippen LogP contribution is -2.39. The third-order valence-corrected chi connectivity index (χ3v) is 6.57. The number of hydrogen-bond donors (Lipinski definition) is 1. The first-order valence-electron chi connectivity index (χ1n) is 9.42. The first-order chi connectivity index (χ1) is 13.2. The van der Waals surface area contributed by atoms with Crippen LogP contribution in [0.15, 0.2) is 23.7 Å². The predicted molar refractivity (Wildman–Crippen MR) is 103 cm³/mol. The van der Waals surface area contributed by atoms with Gasteiger partial charge in [-0.25, -0.2) is 28.1 Å². The summed E-state index contributed by atoms with van der Waals surface area (Å²) in [5.74, 6) is 0.686. The summed E-state index contributed by atoms with van der Waals surface area (Å²) in [4.78, 5) is 15.4. The van der Waals surface area contributed by atoms with Gasteiger partial charge in [-0.3, -0.25) is 0 Å². The van der Waals surface area contributed by atoms with Crippen LogP contribution in [0, 0.1) is 5.41 Å². The van der Waals surface area contributed by atoms with Crippen molar-refractivity contribution < 1.29 is 13.2 Å². The molecule has 10 heteroatoms. The molecule has 1 saturated heterocycles. The van der Waals surface area contributed by atoms with Gasteiger partial charge >= 0.3 is 0 Å². The van der Waals surface area contributed by atoms with Crippen LogP contribution in [0.3, 0.4) is 0 Å². The van der Waals surface area contributed by atoms with E-state index >= 15 is 0 Å². The molecule has 9 nitrogen and oxygen atoms in total. The summed E-state index contributed by atoms with van der Waals surface area (Å²) in [5, 5.41) is 0.0192. The summed E-state index contributed by atoms with van der Waals surface area (Å²) in [6, 6.07) is -0.385. The number of hydrogen-bond acceptors (Lipinski definition) is 7. The van der Waals surface area contributed by atoms with E-state index in [4.69, 9.17) is 9.72 Å². The van der Waals surface area contributed by atoms with Gasteiger partial charge in [0, 0.05) is 38.1 Å². The van der Waals surface area contributed by atoms with E-state index < -0.39 is 10.0 Å². The molecule has 1 N–H and O–H groups in total. The van der Waals surface area contributed by atoms with Crippen LogP contribution in [-0.4, -0.2) is 54.2 Å². The molecule has 4 rings (SSSR count). The molecule has 0 amide bonds. The molecule has 2 aromatic rings. The fourth-order valence-electron chi connectivity index (χ4n) is 3.83. The Morgan fingerprint density at radius 2 is 2.00 bits per heavy atom. The second-order valence-electron chi connectivity index (χ2n) is 8.27. The van der Waals surface area contributed by atoms with Crippen molar-refractivity contribution >= 4 is 16.0 Å². The topological polar surface area (TPSA) is 102 Å². The average molecular weight is 407 g/mol. The molecule has 1 atom stereocenters. The van der Waals surface area contributed by atoms with Crippen molar-refractivity contribution in [1.82, 2.24) is 24.2 Å². The summed E-state index contributed by atoms with van der Waals surface area (Å²) < 4.78 is 35.4. The third-order valence-electron chi connectivity index (χ3n) is 5.21. The number of sulfonamides is 1. The number of fused-ring (bicyclic) bond motifs is 1. The molecule has 0 saturated carbocycles. The van der Waals surface area contributed by atoms with Gasteiger partial charge in [0.1, 0.15) is 0 Å². The highest BCUT2D eigenvalue weighted by molar-refractivity contribution is 7.89. The first kappa shape index (κ1) is 19.3. The molecule has 1 aliphatic heterocycles. The van der Waals surface area contributed by atoms with Gasteiger partial charge in [-0.05, 0) is 18.3 Å². The minimum atomic E-state index is -3.73. The van der Waals surface area contributed by atoms with Gasteiger partial charge in [0.2, 0.25) is 5.95 Å². The summed E-state index contributed by atoms with van der Waals surface area (Å²) in [6.45, 7) is 7.12. The lowest BCUT2D eigenvalue weighted by molar-refractivity contribution is 0.122. The molecule has 3 heterocycles. The number of aryl methyl sites for hydroxylation is 1. The van der Waals surface area contributed by atoms with Crippen molar-refractivity contribution in [3.63, 3.8) is 0 Å². The Kier molecular flexibility index (Phi) is 4.88. The summed E-state index contributed by atoms with van der Waals surface area (Å²) in [5.41, 5.74) is 1.67. The third kappa shape index (κ3) is 3.89. The van der Waals surface area contributed by atoms with Gasteiger partial charge in [-0.15, -0.1) is 0 Å². The molecular formula is C18H26N6O3S. The number of nitrogens with one attached hydrogen (secondary N) is 1. The Morgan fingerprint density at radius 3 is 2.68 bits per heavy atom. The SMILES string of the molecule is Cn1cnc(S(=O)(=O)NC2CC(C)(C)Cc3nc(N4CCOCC4)ncc32)c1. The molecule has 28 heavy (non-hydrogen) atoms. The largest absolute Gasteiger partial charge is 0.378 e. The smallest absolute Gasteiger partial charge is 0.260 e. The minimum Gasteiger partial charge on any atom is -0.378 e. The molecule has 2 aromatic heterocycles. The zero-order valence-electron chi connectivity index (χ0n) is 16.4. The minimum absolute atomic E-state index is 0.0192. The van der Waals surface area contributed by atoms with E-state index in [-0.39, 0.29) is 16.5 Å². The molecule has 1 aliphatic carbocycles. The lowest BCUT2D eigenvalue weighted by atomic mass is 9.74. The zero-order valence-corrected chi connectivity index (χ0v) is 17.2. The highest BCUT2D eigenvalue weighted by Crippen LogP contribution is 2.40. The van der Waals surface area contributed by atoms with Crippen molar-refractivity contribution in [3.05, 3.63) is 30.0 Å². The lowest BCUT2D eigenvalue weighted by Gasteiger charge is -2.37. The van der Waals surface area contributed by atoms with Crippen molar-refractivity contribution in [3.8, 4) is 0 Å². The van der Waals surface area contributed by atoms with Crippen LogP contribution < -0.4 is 9.62 Å². The van der Waals surface area contributed by atoms with E-state index in [1.165, 1.54) is 12.5 Å². The highest BCUT2D eigenvalue weighted by atomic mass is 32.2. The van der Waals surface area contributed by atoms with Crippen molar-refractivity contribution in [1.29, 1.82) is 0 Å². The zero-order chi connectivity index (χ0) is 19.9. The van der Waals surface area contributed by atoms with Crippen LogP contribution in [0.5, 0.6) is 0 Å². The normalized spacial score (nSPS) is 22.1. The number of ether oxygens (including phenoxy) is 1. The summed E-state index contributed by atoms with van der Waals surface area (Å²) in [6.07, 6.45) is 6.20. The maximum Gasteiger partial charge on any atom is 0.260 e. The molecular weight excluding hydrogens is 380 g/mol. The number of rotatable bonds is 4. The second kappa shape index (κ2) is 7.09. The number of imidazole rings is 1. The second-order valence-corrected chi connectivity index (χ2v) is 9.93. The number of anilines is 1. The van der Waals surface area contributed by atoms with E-state index in [0.717, 1.165) is 30.8 Å². The fraction of sp³-hybridized carbons (Fsp3) is 0.611. The van der Waals surface area contributed by atoms with E-state index in [1.807, 2.05) is 0 Å². The van der Waals surface area contributed by atoms with Crippen molar-refractivity contribution in [2.24, 2.45) is 12.5 Å². The maximum absolute atomic E-state index is 12.8. The Morgan fingerprint density at radius 1 is 1.25 bits per heavy atom. The van der Waals surface area contributed by atoms with Gasteiger partial charge < -0.3 is 14.2 Å². The van der Waals surface area contributed by atoms with Crippen LogP contribution in [0.2, 0.25) is 0 Å².